The Morgan fingerprint density at radius 1 is 1.35 bits per heavy atom. The molecule has 1 aromatic rings. The van der Waals surface area contributed by atoms with Gasteiger partial charge in [0.25, 0.3) is 0 Å². The fourth-order valence-electron chi connectivity index (χ4n) is 2.02. The number of nitrogens with zero attached hydrogens (tertiary/aromatic N) is 1. The van der Waals surface area contributed by atoms with E-state index in [2.05, 4.69) is 21.6 Å². The third-order valence-corrected chi connectivity index (χ3v) is 4.20. The molecule has 0 aromatic carbocycles. The van der Waals surface area contributed by atoms with Crippen molar-refractivity contribution in [2.45, 2.75) is 13.0 Å². The molecule has 1 aromatic heterocycles. The average molecular weight is 274 g/mol. The van der Waals surface area contributed by atoms with E-state index in [1.54, 1.807) is 11.3 Å². The first-order valence-corrected chi connectivity index (χ1v) is 7.42. The Bertz CT molecular complexity index is 321. The third kappa shape index (κ3) is 4.94. The second-order valence-electron chi connectivity index (χ2n) is 4.33. The van der Waals surface area contributed by atoms with Gasteiger partial charge in [0.1, 0.15) is 0 Å². The molecule has 96 valence electrons. The molecule has 17 heavy (non-hydrogen) atoms. The predicted octanol–water partition coefficient (Wildman–Crippen LogP) is 1.79. The zero-order chi connectivity index (χ0) is 11.9. The van der Waals surface area contributed by atoms with Gasteiger partial charge in [0.05, 0.1) is 4.34 Å². The summed E-state index contributed by atoms with van der Waals surface area (Å²) in [7, 11) is 0. The van der Waals surface area contributed by atoms with Crippen LogP contribution in [0.3, 0.4) is 0 Å². The molecule has 5 heteroatoms. The molecule has 2 heterocycles. The third-order valence-electron chi connectivity index (χ3n) is 2.97. The Balaban J connectivity index is 1.59. The summed E-state index contributed by atoms with van der Waals surface area (Å²) in [4.78, 5) is 3.83. The molecule has 1 fully saturated rings. The minimum Gasteiger partial charge on any atom is -0.315 e. The molecule has 1 aliphatic rings. The monoisotopic (exact) mass is 273 g/mol. The van der Waals surface area contributed by atoms with Gasteiger partial charge in [-0.25, -0.2) is 0 Å². The van der Waals surface area contributed by atoms with Crippen LogP contribution in [0.4, 0.5) is 0 Å². The van der Waals surface area contributed by atoms with Crippen molar-refractivity contribution < 1.29 is 0 Å². The number of hydrogen-bond donors (Lipinski definition) is 2. The van der Waals surface area contributed by atoms with Crippen LogP contribution in [0, 0.1) is 0 Å². The van der Waals surface area contributed by atoms with Gasteiger partial charge in [0.15, 0.2) is 0 Å². The van der Waals surface area contributed by atoms with Crippen molar-refractivity contribution in [1.29, 1.82) is 0 Å². The maximum atomic E-state index is 5.89. The smallest absolute Gasteiger partial charge is 0.0931 e. The van der Waals surface area contributed by atoms with Crippen LogP contribution in [0.2, 0.25) is 4.34 Å². The summed E-state index contributed by atoms with van der Waals surface area (Å²) in [5.41, 5.74) is 0. The Morgan fingerprint density at radius 2 is 2.29 bits per heavy atom. The summed E-state index contributed by atoms with van der Waals surface area (Å²) < 4.78 is 0.875. The van der Waals surface area contributed by atoms with Crippen LogP contribution in [0.1, 0.15) is 11.3 Å². The van der Waals surface area contributed by atoms with E-state index in [4.69, 9.17) is 11.6 Å². The van der Waals surface area contributed by atoms with Gasteiger partial charge >= 0.3 is 0 Å². The van der Waals surface area contributed by atoms with E-state index in [0.29, 0.717) is 0 Å². The molecule has 2 N–H and O–H groups in total. The highest BCUT2D eigenvalue weighted by Crippen LogP contribution is 2.20. The number of rotatable bonds is 5. The number of hydrogen-bond acceptors (Lipinski definition) is 4. The summed E-state index contributed by atoms with van der Waals surface area (Å²) in [6.07, 6.45) is 1.26. The normalized spacial score (nSPS) is 18.2. The second kappa shape index (κ2) is 7.34. The zero-order valence-electron chi connectivity index (χ0n) is 10.0. The fraction of sp³-hybridized carbons (Fsp3) is 0.667. The van der Waals surface area contributed by atoms with Gasteiger partial charge in [0, 0.05) is 37.6 Å². The van der Waals surface area contributed by atoms with Crippen molar-refractivity contribution in [3.63, 3.8) is 0 Å². The van der Waals surface area contributed by atoms with E-state index in [1.807, 2.05) is 6.07 Å². The largest absolute Gasteiger partial charge is 0.315 e. The highest BCUT2D eigenvalue weighted by molar-refractivity contribution is 7.16. The summed E-state index contributed by atoms with van der Waals surface area (Å²) >= 11 is 7.55. The molecule has 0 atom stereocenters. The fourth-order valence-corrected chi connectivity index (χ4v) is 3.08. The maximum absolute atomic E-state index is 5.89. The molecule has 0 aliphatic carbocycles. The van der Waals surface area contributed by atoms with Crippen molar-refractivity contribution in [2.24, 2.45) is 0 Å². The van der Waals surface area contributed by atoms with Crippen molar-refractivity contribution in [3.05, 3.63) is 21.3 Å². The first-order valence-electron chi connectivity index (χ1n) is 6.22. The quantitative estimate of drug-likeness (QED) is 0.801. The Morgan fingerprint density at radius 3 is 3.12 bits per heavy atom. The highest BCUT2D eigenvalue weighted by atomic mass is 35.5. The van der Waals surface area contributed by atoms with Gasteiger partial charge in [-0.3, -0.25) is 0 Å². The minimum absolute atomic E-state index is 0.875. The molecule has 1 aliphatic heterocycles. The van der Waals surface area contributed by atoms with E-state index in [-0.39, 0.29) is 0 Å². The van der Waals surface area contributed by atoms with E-state index in [9.17, 15) is 0 Å². The van der Waals surface area contributed by atoms with Gasteiger partial charge in [-0.1, -0.05) is 11.6 Å². The molecule has 0 spiro atoms. The molecule has 0 saturated carbocycles. The van der Waals surface area contributed by atoms with E-state index < -0.39 is 0 Å². The Hall–Kier alpha value is -0.130. The first kappa shape index (κ1) is 13.3. The van der Waals surface area contributed by atoms with Gasteiger partial charge in [-0.2, -0.15) is 0 Å². The van der Waals surface area contributed by atoms with Gasteiger partial charge < -0.3 is 15.5 Å². The molecular weight excluding hydrogens is 254 g/mol. The van der Waals surface area contributed by atoms with Crippen LogP contribution in [0.5, 0.6) is 0 Å². The summed E-state index contributed by atoms with van der Waals surface area (Å²) in [6, 6.07) is 4.06. The van der Waals surface area contributed by atoms with E-state index in [1.165, 1.54) is 24.4 Å². The maximum Gasteiger partial charge on any atom is 0.0931 e. The van der Waals surface area contributed by atoms with Gasteiger partial charge in [0.2, 0.25) is 0 Å². The van der Waals surface area contributed by atoms with Gasteiger partial charge in [-0.05, 0) is 31.6 Å². The molecule has 2 rings (SSSR count). The topological polar surface area (TPSA) is 27.3 Å². The van der Waals surface area contributed by atoms with E-state index in [0.717, 1.165) is 37.1 Å². The lowest BCUT2D eigenvalue weighted by molar-refractivity contribution is 0.291. The standard InChI is InChI=1S/C12H20ClN3S/c13-12-3-2-11(17-12)10-15-6-9-16-7-1-4-14-5-8-16/h2-3,14-15H,1,4-10H2. The van der Waals surface area contributed by atoms with E-state index >= 15 is 0 Å². The van der Waals surface area contributed by atoms with Crippen LogP contribution < -0.4 is 10.6 Å². The first-order chi connectivity index (χ1) is 8.34. The number of halogens is 1. The Labute approximate surface area is 112 Å². The lowest BCUT2D eigenvalue weighted by Crippen LogP contribution is -2.34. The van der Waals surface area contributed by atoms with Crippen molar-refractivity contribution in [2.75, 3.05) is 39.3 Å². The van der Waals surface area contributed by atoms with Crippen molar-refractivity contribution >= 4 is 22.9 Å². The Kier molecular flexibility index (Phi) is 5.74. The summed E-state index contributed by atoms with van der Waals surface area (Å²) in [5.74, 6) is 0. The molecule has 3 nitrogen and oxygen atoms in total. The number of thiophene rings is 1. The lowest BCUT2D eigenvalue weighted by Gasteiger charge is -2.19. The molecule has 0 amide bonds. The minimum atomic E-state index is 0.875. The van der Waals surface area contributed by atoms with Crippen LogP contribution in [-0.2, 0) is 6.54 Å². The zero-order valence-corrected chi connectivity index (χ0v) is 11.6. The van der Waals surface area contributed by atoms with Crippen molar-refractivity contribution in [1.82, 2.24) is 15.5 Å². The molecule has 0 bridgehead atoms. The second-order valence-corrected chi connectivity index (χ2v) is 6.13. The van der Waals surface area contributed by atoms with Crippen LogP contribution in [0.15, 0.2) is 12.1 Å². The molecule has 1 saturated heterocycles. The average Bonchev–Trinajstić information content (AvgIpc) is 2.59. The summed E-state index contributed by atoms with van der Waals surface area (Å²) in [6.45, 7) is 7.81. The van der Waals surface area contributed by atoms with Crippen LogP contribution in [0.25, 0.3) is 0 Å². The molecule has 0 unspecified atom stereocenters. The molecular formula is C12H20ClN3S. The van der Waals surface area contributed by atoms with Crippen LogP contribution >= 0.6 is 22.9 Å². The predicted molar refractivity (Wildman–Crippen MR) is 75.0 cm³/mol. The van der Waals surface area contributed by atoms with Crippen LogP contribution in [-0.4, -0.2) is 44.2 Å². The van der Waals surface area contributed by atoms with Crippen molar-refractivity contribution in [3.8, 4) is 0 Å². The summed E-state index contributed by atoms with van der Waals surface area (Å²) in [5, 5.41) is 6.89. The lowest BCUT2D eigenvalue weighted by atomic mass is 10.4. The van der Waals surface area contributed by atoms with Gasteiger partial charge in [-0.15, -0.1) is 11.3 Å². The molecule has 0 radical (unpaired) electrons. The SMILES string of the molecule is Clc1ccc(CNCCN2CCCNCC2)s1. The number of nitrogens with one attached hydrogen (secondary N) is 2. The highest BCUT2D eigenvalue weighted by Gasteiger charge is 2.07.